The lowest BCUT2D eigenvalue weighted by molar-refractivity contribution is 0.0529. The van der Waals surface area contributed by atoms with Gasteiger partial charge in [0.05, 0.1) is 13.2 Å². The Bertz CT molecular complexity index is 403. The summed E-state index contributed by atoms with van der Waals surface area (Å²) in [7, 11) is 0. The Balaban J connectivity index is 1.80. The second-order valence-corrected chi connectivity index (χ2v) is 6.36. The quantitative estimate of drug-likeness (QED) is 0.296. The van der Waals surface area contributed by atoms with Gasteiger partial charge in [-0.15, -0.1) is 0 Å². The largest absolute Gasteiger partial charge is 0.508 e. The van der Waals surface area contributed by atoms with Crippen molar-refractivity contribution in [1.82, 2.24) is 0 Å². The van der Waals surface area contributed by atoms with Crippen LogP contribution in [0.4, 0.5) is 4.79 Å². The molecule has 0 aliphatic rings. The van der Waals surface area contributed by atoms with Crippen molar-refractivity contribution in [1.29, 1.82) is 0 Å². The molecular weight excluding hydrogens is 300 g/mol. The summed E-state index contributed by atoms with van der Waals surface area (Å²) in [5.74, 6) is 0. The number of hydrogen-bond acceptors (Lipinski definition) is 3. The summed E-state index contributed by atoms with van der Waals surface area (Å²) in [6, 6.07) is 10.7. The Kier molecular flexibility index (Phi) is 12.9. The monoisotopic (exact) mass is 334 g/mol. The average Bonchev–Trinajstić information content (AvgIpc) is 2.61. The molecular formula is C21H34O3. The molecule has 0 aliphatic carbocycles. The van der Waals surface area contributed by atoms with E-state index >= 15 is 0 Å². The van der Waals surface area contributed by atoms with E-state index in [4.69, 9.17) is 9.47 Å². The fourth-order valence-electron chi connectivity index (χ4n) is 2.66. The molecule has 0 heterocycles. The molecule has 0 aromatic heterocycles. The molecule has 136 valence electrons. The molecule has 0 saturated carbocycles. The minimum Gasteiger partial charge on any atom is -0.434 e. The molecule has 0 bridgehead atoms. The lowest BCUT2D eigenvalue weighted by atomic mass is 10.1. The van der Waals surface area contributed by atoms with Crippen LogP contribution in [0, 0.1) is 0 Å². The van der Waals surface area contributed by atoms with Gasteiger partial charge >= 0.3 is 6.16 Å². The normalized spacial score (nSPS) is 10.5. The first-order valence-electron chi connectivity index (χ1n) is 9.66. The van der Waals surface area contributed by atoms with Crippen molar-refractivity contribution >= 4 is 6.16 Å². The van der Waals surface area contributed by atoms with E-state index < -0.39 is 6.16 Å². The van der Waals surface area contributed by atoms with Crippen molar-refractivity contribution < 1.29 is 14.3 Å². The van der Waals surface area contributed by atoms with Gasteiger partial charge in [0.1, 0.15) is 0 Å². The predicted molar refractivity (Wildman–Crippen MR) is 99.3 cm³/mol. The van der Waals surface area contributed by atoms with Crippen LogP contribution in [-0.4, -0.2) is 19.4 Å². The van der Waals surface area contributed by atoms with Crippen LogP contribution in [0.3, 0.4) is 0 Å². The highest BCUT2D eigenvalue weighted by molar-refractivity contribution is 5.59. The lowest BCUT2D eigenvalue weighted by Crippen LogP contribution is -2.09. The Hall–Kier alpha value is -1.51. The van der Waals surface area contributed by atoms with Gasteiger partial charge < -0.3 is 9.47 Å². The average molecular weight is 334 g/mol. The van der Waals surface area contributed by atoms with Gasteiger partial charge in [-0.3, -0.25) is 0 Å². The summed E-state index contributed by atoms with van der Waals surface area (Å²) in [5.41, 5.74) is 1.43. The zero-order chi connectivity index (χ0) is 17.3. The van der Waals surface area contributed by atoms with Crippen molar-refractivity contribution in [3.8, 4) is 0 Å². The number of benzene rings is 1. The molecule has 24 heavy (non-hydrogen) atoms. The van der Waals surface area contributed by atoms with Gasteiger partial charge in [-0.05, 0) is 31.2 Å². The highest BCUT2D eigenvalue weighted by Gasteiger charge is 2.02. The Labute approximate surface area is 147 Å². The van der Waals surface area contributed by atoms with Crippen LogP contribution in [-0.2, 0) is 15.9 Å². The van der Waals surface area contributed by atoms with Crippen LogP contribution in [0.25, 0.3) is 0 Å². The smallest absolute Gasteiger partial charge is 0.434 e. The number of carbonyl (C=O) groups excluding carboxylic acids is 1. The van der Waals surface area contributed by atoms with Crippen molar-refractivity contribution in [3.63, 3.8) is 0 Å². The number of unbranched alkanes of at least 4 members (excludes halogenated alkanes) is 8. The molecule has 0 amide bonds. The number of aryl methyl sites for hydroxylation is 1. The molecule has 3 nitrogen and oxygen atoms in total. The first-order valence-corrected chi connectivity index (χ1v) is 9.66. The van der Waals surface area contributed by atoms with Gasteiger partial charge in [0.2, 0.25) is 0 Å². The third kappa shape index (κ3) is 12.0. The van der Waals surface area contributed by atoms with Crippen LogP contribution in [0.2, 0.25) is 0 Å². The van der Waals surface area contributed by atoms with E-state index in [1.807, 2.05) is 0 Å². The fraction of sp³-hybridized carbons (Fsp3) is 0.667. The fourth-order valence-corrected chi connectivity index (χ4v) is 2.66. The molecule has 0 fully saturated rings. The minimum atomic E-state index is -0.505. The summed E-state index contributed by atoms with van der Waals surface area (Å²) in [6.45, 7) is 3.14. The molecule has 0 spiro atoms. The van der Waals surface area contributed by atoms with Crippen molar-refractivity contribution in [2.45, 2.75) is 77.6 Å². The molecule has 0 radical (unpaired) electrons. The maximum Gasteiger partial charge on any atom is 0.508 e. The molecule has 0 saturated heterocycles. The maximum absolute atomic E-state index is 11.3. The van der Waals surface area contributed by atoms with E-state index in [0.29, 0.717) is 13.2 Å². The summed E-state index contributed by atoms with van der Waals surface area (Å²) in [5, 5.41) is 0. The Morgan fingerprint density at radius 1 is 0.750 bits per heavy atom. The molecule has 0 aliphatic heterocycles. The second kappa shape index (κ2) is 15.0. The van der Waals surface area contributed by atoms with Gasteiger partial charge in [0.25, 0.3) is 0 Å². The summed E-state index contributed by atoms with van der Waals surface area (Å²) < 4.78 is 10.1. The maximum atomic E-state index is 11.3. The molecule has 1 rings (SSSR count). The predicted octanol–water partition coefficient (Wildman–Crippen LogP) is 6.30. The molecule has 0 unspecified atom stereocenters. The number of hydrogen-bond donors (Lipinski definition) is 0. The van der Waals surface area contributed by atoms with E-state index in [2.05, 4.69) is 37.3 Å². The van der Waals surface area contributed by atoms with Crippen molar-refractivity contribution in [2.75, 3.05) is 13.2 Å². The third-order valence-corrected chi connectivity index (χ3v) is 4.14. The van der Waals surface area contributed by atoms with Crippen LogP contribution in [0.15, 0.2) is 30.3 Å². The third-order valence-electron chi connectivity index (χ3n) is 4.14. The second-order valence-electron chi connectivity index (χ2n) is 6.36. The first kappa shape index (κ1) is 20.5. The molecule has 3 heteroatoms. The lowest BCUT2D eigenvalue weighted by Gasteiger charge is -2.06. The van der Waals surface area contributed by atoms with Gasteiger partial charge in [-0.1, -0.05) is 82.2 Å². The minimum absolute atomic E-state index is 0.484. The SMILES string of the molecule is CCCCCCOC(=O)OCCCCCCCCc1ccccc1. The Morgan fingerprint density at radius 3 is 1.92 bits per heavy atom. The number of carbonyl (C=O) groups is 1. The van der Waals surface area contributed by atoms with Gasteiger partial charge in [0.15, 0.2) is 0 Å². The highest BCUT2D eigenvalue weighted by Crippen LogP contribution is 2.10. The van der Waals surface area contributed by atoms with Crippen LogP contribution >= 0.6 is 0 Å². The van der Waals surface area contributed by atoms with E-state index in [9.17, 15) is 4.79 Å². The molecule has 1 aromatic carbocycles. The first-order chi connectivity index (χ1) is 11.8. The van der Waals surface area contributed by atoms with Crippen LogP contribution < -0.4 is 0 Å². The topological polar surface area (TPSA) is 35.5 Å². The summed E-state index contributed by atoms with van der Waals surface area (Å²) >= 11 is 0. The summed E-state index contributed by atoms with van der Waals surface area (Å²) in [4.78, 5) is 11.3. The van der Waals surface area contributed by atoms with Crippen molar-refractivity contribution in [2.24, 2.45) is 0 Å². The van der Waals surface area contributed by atoms with E-state index in [-0.39, 0.29) is 0 Å². The van der Waals surface area contributed by atoms with E-state index in [1.54, 1.807) is 0 Å². The molecule has 1 aromatic rings. The van der Waals surface area contributed by atoms with Crippen LogP contribution in [0.1, 0.15) is 76.7 Å². The Morgan fingerprint density at radius 2 is 1.29 bits per heavy atom. The van der Waals surface area contributed by atoms with E-state index in [1.165, 1.54) is 50.5 Å². The molecule has 0 atom stereocenters. The van der Waals surface area contributed by atoms with Crippen molar-refractivity contribution in [3.05, 3.63) is 35.9 Å². The molecule has 0 N–H and O–H groups in total. The van der Waals surface area contributed by atoms with Crippen LogP contribution in [0.5, 0.6) is 0 Å². The number of ether oxygens (including phenoxy) is 2. The van der Waals surface area contributed by atoms with E-state index in [0.717, 1.165) is 25.7 Å². The number of rotatable bonds is 14. The van der Waals surface area contributed by atoms with Gasteiger partial charge in [-0.25, -0.2) is 4.79 Å². The zero-order valence-corrected chi connectivity index (χ0v) is 15.3. The zero-order valence-electron chi connectivity index (χ0n) is 15.3. The van der Waals surface area contributed by atoms with Gasteiger partial charge in [0, 0.05) is 0 Å². The standard InChI is InChI=1S/C21H34O3/c1-2-3-4-13-18-23-21(22)24-19-14-8-6-5-7-10-15-20-16-11-9-12-17-20/h9,11-12,16-17H,2-8,10,13-15,18-19H2,1H3. The van der Waals surface area contributed by atoms with Gasteiger partial charge in [-0.2, -0.15) is 0 Å². The summed E-state index contributed by atoms with van der Waals surface area (Å²) in [6.07, 6.45) is 12.2. The highest BCUT2D eigenvalue weighted by atomic mass is 16.7.